The van der Waals surface area contributed by atoms with Crippen molar-refractivity contribution in [1.29, 1.82) is 0 Å². The molecule has 0 bridgehead atoms. The van der Waals surface area contributed by atoms with Gasteiger partial charge < -0.3 is 20.1 Å². The van der Waals surface area contributed by atoms with Crippen LogP contribution in [-0.4, -0.2) is 43.9 Å². The van der Waals surface area contributed by atoms with Gasteiger partial charge in [0, 0.05) is 37.7 Å². The lowest BCUT2D eigenvalue weighted by atomic mass is 9.94. The van der Waals surface area contributed by atoms with Crippen LogP contribution in [0.3, 0.4) is 0 Å². The number of aromatic nitrogens is 1. The summed E-state index contributed by atoms with van der Waals surface area (Å²) in [6.07, 6.45) is 3.95. The van der Waals surface area contributed by atoms with E-state index in [1.807, 2.05) is 6.92 Å². The summed E-state index contributed by atoms with van der Waals surface area (Å²) in [5.74, 6) is 0.677. The molecule has 4 atom stereocenters. The zero-order chi connectivity index (χ0) is 15.4. The Morgan fingerprint density at radius 2 is 2.45 bits per heavy atom. The van der Waals surface area contributed by atoms with Crippen LogP contribution in [0.1, 0.15) is 43.0 Å². The summed E-state index contributed by atoms with van der Waals surface area (Å²) in [7, 11) is 1.73. The van der Waals surface area contributed by atoms with Crippen LogP contribution in [0, 0.1) is 5.92 Å². The molecule has 6 heteroatoms. The van der Waals surface area contributed by atoms with Crippen LogP contribution >= 0.6 is 11.3 Å². The molecular formula is C16H27N3O2S. The molecule has 124 valence electrons. The fourth-order valence-corrected chi connectivity index (χ4v) is 4.36. The van der Waals surface area contributed by atoms with Crippen molar-refractivity contribution >= 4 is 11.3 Å². The van der Waals surface area contributed by atoms with E-state index in [4.69, 9.17) is 9.47 Å². The first-order valence-electron chi connectivity index (χ1n) is 8.29. The maximum atomic E-state index is 5.63. The number of ether oxygens (including phenoxy) is 2. The average molecular weight is 325 g/mol. The number of nitrogens with one attached hydrogen (secondary N) is 2. The average Bonchev–Trinajstić information content (AvgIpc) is 3.22. The van der Waals surface area contributed by atoms with E-state index in [2.05, 4.69) is 21.0 Å². The molecule has 1 aliphatic carbocycles. The van der Waals surface area contributed by atoms with Gasteiger partial charge in [-0.2, -0.15) is 0 Å². The van der Waals surface area contributed by atoms with E-state index in [-0.39, 0.29) is 6.10 Å². The van der Waals surface area contributed by atoms with Crippen LogP contribution in [0.4, 0.5) is 0 Å². The first kappa shape index (κ1) is 16.3. The second-order valence-electron chi connectivity index (χ2n) is 6.27. The molecule has 1 aromatic heterocycles. The SMILES string of the molecule is COC(C)c1nc(CNC2CCCC2C2COCCN2)cs1. The van der Waals surface area contributed by atoms with Crippen molar-refractivity contribution in [1.82, 2.24) is 15.6 Å². The van der Waals surface area contributed by atoms with Crippen molar-refractivity contribution in [2.75, 3.05) is 26.9 Å². The van der Waals surface area contributed by atoms with Crippen LogP contribution in [0.25, 0.3) is 0 Å². The topological polar surface area (TPSA) is 55.4 Å². The van der Waals surface area contributed by atoms with Gasteiger partial charge in [-0.15, -0.1) is 11.3 Å². The van der Waals surface area contributed by atoms with Crippen LogP contribution in [0.15, 0.2) is 5.38 Å². The Hall–Kier alpha value is -0.530. The van der Waals surface area contributed by atoms with Gasteiger partial charge in [-0.05, 0) is 25.7 Å². The molecule has 4 unspecified atom stereocenters. The second-order valence-corrected chi connectivity index (χ2v) is 7.16. The zero-order valence-electron chi connectivity index (χ0n) is 13.5. The summed E-state index contributed by atoms with van der Waals surface area (Å²) in [5.41, 5.74) is 1.13. The highest BCUT2D eigenvalue weighted by atomic mass is 32.1. The molecule has 22 heavy (non-hydrogen) atoms. The first-order chi connectivity index (χ1) is 10.8. The van der Waals surface area contributed by atoms with E-state index in [9.17, 15) is 0 Å². The van der Waals surface area contributed by atoms with Crippen LogP contribution in [0.2, 0.25) is 0 Å². The minimum absolute atomic E-state index is 0.0848. The number of rotatable bonds is 6. The molecule has 2 N–H and O–H groups in total. The number of nitrogens with zero attached hydrogens (tertiary/aromatic N) is 1. The molecule has 2 aliphatic rings. The van der Waals surface area contributed by atoms with Gasteiger partial charge in [-0.3, -0.25) is 0 Å². The van der Waals surface area contributed by atoms with Crippen molar-refractivity contribution in [2.45, 2.75) is 50.9 Å². The zero-order valence-corrected chi connectivity index (χ0v) is 14.3. The predicted molar refractivity (Wildman–Crippen MR) is 88.1 cm³/mol. The van der Waals surface area contributed by atoms with E-state index < -0.39 is 0 Å². The minimum Gasteiger partial charge on any atom is -0.379 e. The van der Waals surface area contributed by atoms with E-state index in [0.29, 0.717) is 18.0 Å². The Morgan fingerprint density at radius 3 is 3.23 bits per heavy atom. The quantitative estimate of drug-likeness (QED) is 0.839. The third-order valence-electron chi connectivity index (χ3n) is 4.85. The lowest BCUT2D eigenvalue weighted by Crippen LogP contribution is -2.50. The molecule has 3 rings (SSSR count). The smallest absolute Gasteiger partial charge is 0.122 e. The minimum atomic E-state index is 0.0848. The molecule has 2 fully saturated rings. The molecule has 0 radical (unpaired) electrons. The third kappa shape index (κ3) is 3.86. The summed E-state index contributed by atoms with van der Waals surface area (Å²) in [6.45, 7) is 5.58. The summed E-state index contributed by atoms with van der Waals surface area (Å²) in [4.78, 5) is 4.67. The van der Waals surface area contributed by atoms with Gasteiger partial charge in [-0.25, -0.2) is 4.98 Å². The van der Waals surface area contributed by atoms with E-state index in [1.165, 1.54) is 19.3 Å². The summed E-state index contributed by atoms with van der Waals surface area (Å²) >= 11 is 1.69. The highest BCUT2D eigenvalue weighted by Crippen LogP contribution is 2.30. The van der Waals surface area contributed by atoms with Gasteiger partial charge in [-0.1, -0.05) is 6.42 Å². The molecule has 1 saturated carbocycles. The lowest BCUT2D eigenvalue weighted by molar-refractivity contribution is 0.0524. The standard InChI is InChI=1S/C16H27N3O2S/c1-11(20-2)16-19-12(10-22-16)8-18-14-5-3-4-13(14)15-9-21-7-6-17-15/h10-11,13-15,17-18H,3-9H2,1-2H3. The summed E-state index contributed by atoms with van der Waals surface area (Å²) in [6, 6.07) is 1.08. The molecule has 0 spiro atoms. The van der Waals surface area contributed by atoms with Crippen LogP contribution in [-0.2, 0) is 16.0 Å². The molecule has 0 amide bonds. The van der Waals surface area contributed by atoms with Gasteiger partial charge in [0.15, 0.2) is 0 Å². The molecule has 5 nitrogen and oxygen atoms in total. The molecule has 1 aliphatic heterocycles. The summed E-state index contributed by atoms with van der Waals surface area (Å²) in [5, 5.41) is 10.5. The number of methoxy groups -OCH3 is 1. The molecule has 0 aromatic carbocycles. The highest BCUT2D eigenvalue weighted by molar-refractivity contribution is 7.09. The van der Waals surface area contributed by atoms with E-state index in [1.54, 1.807) is 18.4 Å². The Balaban J connectivity index is 1.52. The van der Waals surface area contributed by atoms with Crippen LogP contribution < -0.4 is 10.6 Å². The third-order valence-corrected chi connectivity index (χ3v) is 5.91. The molecular weight excluding hydrogens is 298 g/mol. The number of thiazole rings is 1. The maximum absolute atomic E-state index is 5.63. The number of hydrogen-bond donors (Lipinski definition) is 2. The molecule has 2 heterocycles. The largest absolute Gasteiger partial charge is 0.379 e. The lowest BCUT2D eigenvalue weighted by Gasteiger charge is -2.32. The predicted octanol–water partition coefficient (Wildman–Crippen LogP) is 2.10. The highest BCUT2D eigenvalue weighted by Gasteiger charge is 2.34. The fourth-order valence-electron chi connectivity index (χ4n) is 3.51. The van der Waals surface area contributed by atoms with Crippen molar-refractivity contribution in [3.63, 3.8) is 0 Å². The van der Waals surface area contributed by atoms with Crippen LogP contribution in [0.5, 0.6) is 0 Å². The summed E-state index contributed by atoms with van der Waals surface area (Å²) < 4.78 is 11.0. The van der Waals surface area contributed by atoms with Gasteiger partial charge >= 0.3 is 0 Å². The normalized spacial score (nSPS) is 30.5. The van der Waals surface area contributed by atoms with Gasteiger partial charge in [0.05, 0.1) is 18.9 Å². The van der Waals surface area contributed by atoms with Gasteiger partial charge in [0.25, 0.3) is 0 Å². The van der Waals surface area contributed by atoms with Crippen molar-refractivity contribution in [3.05, 3.63) is 16.1 Å². The molecule has 1 aromatic rings. The van der Waals surface area contributed by atoms with Gasteiger partial charge in [0.2, 0.25) is 0 Å². The number of morpholine rings is 1. The van der Waals surface area contributed by atoms with E-state index in [0.717, 1.165) is 37.0 Å². The Labute approximate surface area is 136 Å². The Morgan fingerprint density at radius 1 is 1.55 bits per heavy atom. The number of hydrogen-bond acceptors (Lipinski definition) is 6. The maximum Gasteiger partial charge on any atom is 0.122 e. The second kappa shape index (κ2) is 7.84. The molecule has 1 saturated heterocycles. The van der Waals surface area contributed by atoms with Crippen molar-refractivity contribution in [3.8, 4) is 0 Å². The Kier molecular flexibility index (Phi) is 5.82. The van der Waals surface area contributed by atoms with Crippen molar-refractivity contribution < 1.29 is 9.47 Å². The fraction of sp³-hybridized carbons (Fsp3) is 0.812. The van der Waals surface area contributed by atoms with Crippen molar-refractivity contribution in [2.24, 2.45) is 5.92 Å². The van der Waals surface area contributed by atoms with Gasteiger partial charge in [0.1, 0.15) is 11.1 Å². The monoisotopic (exact) mass is 325 g/mol. The Bertz CT molecular complexity index is 462. The van der Waals surface area contributed by atoms with E-state index >= 15 is 0 Å². The first-order valence-corrected chi connectivity index (χ1v) is 9.17.